The molecule has 0 radical (unpaired) electrons. The number of aromatic amines is 1. The number of carbonyl (C=O) groups excluding carboxylic acids is 1. The van der Waals surface area contributed by atoms with Crippen LogP contribution in [0.1, 0.15) is 10.5 Å². The van der Waals surface area contributed by atoms with Gasteiger partial charge >= 0.3 is 5.97 Å². The van der Waals surface area contributed by atoms with Gasteiger partial charge in [0.1, 0.15) is 12.2 Å². The van der Waals surface area contributed by atoms with Crippen LogP contribution in [-0.4, -0.2) is 28.5 Å². The number of carbonyl (C=O) groups is 2. The molecule has 0 aliphatic carbocycles. The van der Waals surface area contributed by atoms with Crippen molar-refractivity contribution in [3.05, 3.63) is 36.0 Å². The molecule has 0 atom stereocenters. The van der Waals surface area contributed by atoms with Gasteiger partial charge in [0.25, 0.3) is 5.91 Å². The zero-order valence-corrected chi connectivity index (χ0v) is 8.36. The van der Waals surface area contributed by atoms with E-state index in [0.29, 0.717) is 5.69 Å². The van der Waals surface area contributed by atoms with Crippen molar-refractivity contribution in [2.75, 3.05) is 6.54 Å². The summed E-state index contributed by atoms with van der Waals surface area (Å²) in [5, 5.41) is 11.6. The Labute approximate surface area is 91.1 Å². The zero-order valence-electron chi connectivity index (χ0n) is 8.36. The van der Waals surface area contributed by atoms with E-state index in [2.05, 4.69) is 10.3 Å². The first-order valence-corrected chi connectivity index (χ1v) is 4.74. The summed E-state index contributed by atoms with van der Waals surface area (Å²) in [5.41, 5.74) is 1.21. The molecule has 0 spiro atoms. The first kappa shape index (κ1) is 10.2. The number of nitrogens with one attached hydrogen (secondary N) is 2. The van der Waals surface area contributed by atoms with Crippen molar-refractivity contribution in [2.24, 2.45) is 0 Å². The van der Waals surface area contributed by atoms with Gasteiger partial charge in [-0.05, 0) is 12.1 Å². The smallest absolute Gasteiger partial charge is 0.322 e. The number of aliphatic carboxylic acids is 1. The highest BCUT2D eigenvalue weighted by molar-refractivity contribution is 5.98. The fraction of sp³-hybridized carbons (Fsp3) is 0.0909. The van der Waals surface area contributed by atoms with Crippen LogP contribution >= 0.6 is 0 Å². The lowest BCUT2D eigenvalue weighted by atomic mass is 10.2. The molecule has 5 heteroatoms. The predicted octanol–water partition coefficient (Wildman–Crippen LogP) is 0.982. The molecule has 0 fully saturated rings. The van der Waals surface area contributed by atoms with Crippen LogP contribution in [0.3, 0.4) is 0 Å². The molecule has 0 saturated carbocycles. The second kappa shape index (κ2) is 4.06. The van der Waals surface area contributed by atoms with E-state index in [-0.39, 0.29) is 6.54 Å². The van der Waals surface area contributed by atoms with E-state index >= 15 is 0 Å². The highest BCUT2D eigenvalue weighted by Gasteiger charge is 2.09. The normalized spacial score (nSPS) is 10.2. The number of benzene rings is 1. The summed E-state index contributed by atoms with van der Waals surface area (Å²) in [6, 6.07) is 9.14. The molecule has 82 valence electrons. The van der Waals surface area contributed by atoms with Crippen LogP contribution < -0.4 is 5.32 Å². The maximum Gasteiger partial charge on any atom is 0.322 e. The van der Waals surface area contributed by atoms with Crippen LogP contribution in [0.4, 0.5) is 0 Å². The topological polar surface area (TPSA) is 82.2 Å². The summed E-state index contributed by atoms with van der Waals surface area (Å²) in [6.07, 6.45) is 0. The molecule has 5 nitrogen and oxygen atoms in total. The summed E-state index contributed by atoms with van der Waals surface area (Å²) >= 11 is 0. The Kier molecular flexibility index (Phi) is 2.59. The summed E-state index contributed by atoms with van der Waals surface area (Å²) in [5.74, 6) is -1.48. The number of hydrogen-bond donors (Lipinski definition) is 3. The highest BCUT2D eigenvalue weighted by atomic mass is 16.4. The molecule has 0 aliphatic heterocycles. The molecule has 1 heterocycles. The molecule has 0 aliphatic rings. The number of aromatic nitrogens is 1. The van der Waals surface area contributed by atoms with Crippen LogP contribution in [0.5, 0.6) is 0 Å². The van der Waals surface area contributed by atoms with Gasteiger partial charge in [0.15, 0.2) is 0 Å². The van der Waals surface area contributed by atoms with Gasteiger partial charge in [-0.15, -0.1) is 0 Å². The van der Waals surface area contributed by atoms with Crippen LogP contribution in [0.25, 0.3) is 10.9 Å². The third-order valence-corrected chi connectivity index (χ3v) is 2.17. The molecule has 2 rings (SSSR count). The molecular formula is C11H10N2O3. The second-order valence-corrected chi connectivity index (χ2v) is 3.35. The van der Waals surface area contributed by atoms with Gasteiger partial charge in [-0.3, -0.25) is 9.59 Å². The van der Waals surface area contributed by atoms with Crippen LogP contribution in [0.15, 0.2) is 30.3 Å². The number of rotatable bonds is 3. The number of fused-ring (bicyclic) bond motifs is 1. The lowest BCUT2D eigenvalue weighted by molar-refractivity contribution is -0.135. The predicted molar refractivity (Wildman–Crippen MR) is 58.3 cm³/mol. The molecule has 0 saturated heterocycles. The van der Waals surface area contributed by atoms with Crippen LogP contribution in [-0.2, 0) is 4.79 Å². The monoisotopic (exact) mass is 218 g/mol. The maximum atomic E-state index is 11.5. The average Bonchev–Trinajstić information content (AvgIpc) is 2.69. The van der Waals surface area contributed by atoms with Gasteiger partial charge < -0.3 is 15.4 Å². The van der Waals surface area contributed by atoms with Crippen molar-refractivity contribution in [3.8, 4) is 0 Å². The molecule has 1 amide bonds. The van der Waals surface area contributed by atoms with Gasteiger partial charge in [0.2, 0.25) is 0 Å². The first-order chi connectivity index (χ1) is 7.66. The fourth-order valence-corrected chi connectivity index (χ4v) is 1.45. The van der Waals surface area contributed by atoms with Crippen LogP contribution in [0.2, 0.25) is 0 Å². The van der Waals surface area contributed by atoms with Crippen molar-refractivity contribution >= 4 is 22.8 Å². The number of amides is 1. The van der Waals surface area contributed by atoms with Crippen molar-refractivity contribution in [1.29, 1.82) is 0 Å². The summed E-state index contributed by atoms with van der Waals surface area (Å²) < 4.78 is 0. The Morgan fingerprint density at radius 3 is 2.75 bits per heavy atom. The number of carboxylic acid groups (broad SMARTS) is 1. The Morgan fingerprint density at radius 2 is 2.06 bits per heavy atom. The molecular weight excluding hydrogens is 208 g/mol. The van der Waals surface area contributed by atoms with Crippen molar-refractivity contribution < 1.29 is 14.7 Å². The SMILES string of the molecule is O=C(O)CNC(=O)c1cc2ccccc2[nH]1. The van der Waals surface area contributed by atoms with Gasteiger partial charge in [-0.1, -0.05) is 18.2 Å². The number of H-pyrrole nitrogens is 1. The Hall–Kier alpha value is -2.30. The van der Waals surface area contributed by atoms with E-state index in [0.717, 1.165) is 10.9 Å². The van der Waals surface area contributed by atoms with Crippen molar-refractivity contribution in [2.45, 2.75) is 0 Å². The van der Waals surface area contributed by atoms with E-state index in [1.807, 2.05) is 24.3 Å². The largest absolute Gasteiger partial charge is 0.480 e. The average molecular weight is 218 g/mol. The minimum Gasteiger partial charge on any atom is -0.480 e. The number of carboxylic acids is 1. The zero-order chi connectivity index (χ0) is 11.5. The Morgan fingerprint density at radius 1 is 1.31 bits per heavy atom. The Bertz CT molecular complexity index is 512. The summed E-state index contributed by atoms with van der Waals surface area (Å²) in [7, 11) is 0. The maximum absolute atomic E-state index is 11.5. The van der Waals surface area contributed by atoms with Gasteiger partial charge in [0.05, 0.1) is 0 Å². The molecule has 3 N–H and O–H groups in total. The van der Waals surface area contributed by atoms with E-state index in [1.54, 1.807) is 6.07 Å². The molecule has 2 aromatic rings. The fourth-order valence-electron chi connectivity index (χ4n) is 1.45. The first-order valence-electron chi connectivity index (χ1n) is 4.74. The van der Waals surface area contributed by atoms with E-state index in [9.17, 15) is 9.59 Å². The van der Waals surface area contributed by atoms with Gasteiger partial charge in [0, 0.05) is 10.9 Å². The summed E-state index contributed by atoms with van der Waals surface area (Å²) in [4.78, 5) is 24.7. The third kappa shape index (κ3) is 2.03. The van der Waals surface area contributed by atoms with Crippen molar-refractivity contribution in [3.63, 3.8) is 0 Å². The van der Waals surface area contributed by atoms with Gasteiger partial charge in [-0.25, -0.2) is 0 Å². The summed E-state index contributed by atoms with van der Waals surface area (Å²) in [6.45, 7) is -0.381. The highest BCUT2D eigenvalue weighted by Crippen LogP contribution is 2.14. The van der Waals surface area contributed by atoms with E-state index in [1.165, 1.54) is 0 Å². The minimum absolute atomic E-state index is 0.363. The van der Waals surface area contributed by atoms with E-state index < -0.39 is 11.9 Å². The molecule has 0 bridgehead atoms. The molecule has 1 aromatic heterocycles. The standard InChI is InChI=1S/C11H10N2O3/c14-10(15)6-12-11(16)9-5-7-3-1-2-4-8(7)13-9/h1-5,13H,6H2,(H,12,16)(H,14,15). The minimum atomic E-state index is -1.07. The van der Waals surface area contributed by atoms with E-state index in [4.69, 9.17) is 5.11 Å². The van der Waals surface area contributed by atoms with Crippen molar-refractivity contribution in [1.82, 2.24) is 10.3 Å². The lowest BCUT2D eigenvalue weighted by Gasteiger charge is -1.98. The lowest BCUT2D eigenvalue weighted by Crippen LogP contribution is -2.29. The third-order valence-electron chi connectivity index (χ3n) is 2.17. The molecule has 0 unspecified atom stereocenters. The van der Waals surface area contributed by atoms with Crippen LogP contribution in [0, 0.1) is 0 Å². The molecule has 1 aromatic carbocycles. The Balaban J connectivity index is 2.20. The second-order valence-electron chi connectivity index (χ2n) is 3.35. The number of hydrogen-bond acceptors (Lipinski definition) is 2. The molecule has 16 heavy (non-hydrogen) atoms. The van der Waals surface area contributed by atoms with Gasteiger partial charge in [-0.2, -0.15) is 0 Å². The number of para-hydroxylation sites is 1. The quantitative estimate of drug-likeness (QED) is 0.718.